The van der Waals surface area contributed by atoms with Crippen LogP contribution in [0.5, 0.6) is 0 Å². The van der Waals surface area contributed by atoms with Crippen molar-refractivity contribution in [3.05, 3.63) is 82.4 Å². The van der Waals surface area contributed by atoms with Gasteiger partial charge in [0.1, 0.15) is 11.6 Å². The van der Waals surface area contributed by atoms with Crippen LogP contribution in [0.4, 0.5) is 0 Å². The van der Waals surface area contributed by atoms with Gasteiger partial charge in [-0.1, -0.05) is 50.2 Å². The van der Waals surface area contributed by atoms with Crippen molar-refractivity contribution in [3.8, 4) is 17.2 Å². The van der Waals surface area contributed by atoms with Crippen LogP contribution < -0.4 is 11.5 Å². The number of ether oxygens (including phenoxy) is 1. The average Bonchev–Trinajstić information content (AvgIpc) is 2.72. The highest BCUT2D eigenvalue weighted by atomic mass is 16.5. The molecule has 0 aromatic heterocycles. The molecule has 0 fully saturated rings. The van der Waals surface area contributed by atoms with E-state index < -0.39 is 5.41 Å². The van der Waals surface area contributed by atoms with E-state index in [0.717, 1.165) is 16.7 Å². The molecule has 0 radical (unpaired) electrons. The maximum atomic E-state index is 10.1. The molecule has 1 aliphatic rings. The minimum absolute atomic E-state index is 0.100. The van der Waals surface area contributed by atoms with Crippen molar-refractivity contribution in [3.63, 3.8) is 0 Å². The summed E-state index contributed by atoms with van der Waals surface area (Å²) >= 11 is 0. The molecule has 0 saturated carbocycles. The number of hydrogen-bond acceptors (Lipinski definition) is 6. The van der Waals surface area contributed by atoms with Crippen LogP contribution in [-0.2, 0) is 16.8 Å². The highest BCUT2D eigenvalue weighted by molar-refractivity contribution is 5.98. The monoisotopic (exact) mass is 402 g/mol. The lowest BCUT2D eigenvalue weighted by Crippen LogP contribution is -2.46. The fourth-order valence-electron chi connectivity index (χ4n) is 4.35. The van der Waals surface area contributed by atoms with Gasteiger partial charge in [-0.2, -0.15) is 5.26 Å². The van der Waals surface area contributed by atoms with E-state index in [1.54, 1.807) is 6.92 Å². The Bertz CT molecular complexity index is 1090. The van der Waals surface area contributed by atoms with Crippen LogP contribution in [0.3, 0.4) is 0 Å². The van der Waals surface area contributed by atoms with Crippen molar-refractivity contribution in [1.29, 1.82) is 10.7 Å². The number of aliphatic hydroxyl groups excluding tert-OH is 1. The Morgan fingerprint density at radius 3 is 2.40 bits per heavy atom. The minimum Gasteiger partial charge on any atom is -0.422 e. The van der Waals surface area contributed by atoms with Gasteiger partial charge in [0.2, 0.25) is 11.8 Å². The van der Waals surface area contributed by atoms with E-state index in [9.17, 15) is 10.4 Å². The summed E-state index contributed by atoms with van der Waals surface area (Å²) in [4.78, 5) is 0. The van der Waals surface area contributed by atoms with Gasteiger partial charge in [-0.15, -0.1) is 0 Å². The summed E-state index contributed by atoms with van der Waals surface area (Å²) in [6, 6.07) is 17.7. The molecule has 2 aromatic carbocycles. The van der Waals surface area contributed by atoms with Crippen LogP contribution in [0, 0.1) is 22.7 Å². The Labute approximate surface area is 176 Å². The van der Waals surface area contributed by atoms with Gasteiger partial charge in [0, 0.05) is 11.3 Å². The zero-order valence-corrected chi connectivity index (χ0v) is 17.4. The fraction of sp³-hybridized carbons (Fsp3) is 0.250. The Morgan fingerprint density at radius 1 is 1.20 bits per heavy atom. The smallest absolute Gasteiger partial charge is 0.220 e. The number of hydrogen-bond donors (Lipinski definition) is 4. The Balaban J connectivity index is 2.46. The van der Waals surface area contributed by atoms with Gasteiger partial charge in [0.05, 0.1) is 12.0 Å². The number of nitrogens with one attached hydrogen (secondary N) is 1. The first-order chi connectivity index (χ1) is 14.3. The maximum absolute atomic E-state index is 10.1. The van der Waals surface area contributed by atoms with Crippen LogP contribution in [0.15, 0.2) is 71.3 Å². The van der Waals surface area contributed by atoms with E-state index >= 15 is 0 Å². The first kappa shape index (κ1) is 21.2. The standard InChI is InChI=1S/C24H26N4O2/c1-14(2)24(20(12-25)22(27)30-23(28)21(24)15(3)26)19-10-16(13-29)9-18(11-19)17-7-5-4-6-8-17/h4-11,14,28-29H,13,26-27H2,1-3H3. The lowest BCUT2D eigenvalue weighted by atomic mass is 9.60. The number of rotatable bonds is 4. The second-order valence-electron chi connectivity index (χ2n) is 7.75. The molecule has 2 aromatic rings. The number of nitrogens with two attached hydrogens (primary N) is 2. The molecular formula is C24H26N4O2. The van der Waals surface area contributed by atoms with Crippen LogP contribution >= 0.6 is 0 Å². The zero-order chi connectivity index (χ0) is 22.1. The summed E-state index contributed by atoms with van der Waals surface area (Å²) in [6.07, 6.45) is 0. The first-order valence-electron chi connectivity index (χ1n) is 9.72. The van der Waals surface area contributed by atoms with Crippen molar-refractivity contribution in [2.75, 3.05) is 0 Å². The van der Waals surface area contributed by atoms with Gasteiger partial charge >= 0.3 is 0 Å². The molecule has 0 bridgehead atoms. The molecule has 0 saturated heterocycles. The van der Waals surface area contributed by atoms with E-state index in [4.69, 9.17) is 21.6 Å². The second kappa shape index (κ2) is 8.05. The number of nitriles is 1. The van der Waals surface area contributed by atoms with Gasteiger partial charge in [0.25, 0.3) is 0 Å². The fourth-order valence-corrected chi connectivity index (χ4v) is 4.35. The van der Waals surface area contributed by atoms with Crippen LogP contribution in [0.1, 0.15) is 31.9 Å². The Hall–Kier alpha value is -3.56. The van der Waals surface area contributed by atoms with Gasteiger partial charge in [-0.05, 0) is 47.2 Å². The number of allylic oxidation sites excluding steroid dienone is 2. The molecule has 1 unspecified atom stereocenters. The van der Waals surface area contributed by atoms with Crippen molar-refractivity contribution in [2.45, 2.75) is 32.8 Å². The van der Waals surface area contributed by atoms with E-state index in [2.05, 4.69) is 6.07 Å². The quantitative estimate of drug-likeness (QED) is 0.620. The molecule has 0 amide bonds. The third-order valence-electron chi connectivity index (χ3n) is 5.58. The van der Waals surface area contributed by atoms with Crippen molar-refractivity contribution < 1.29 is 9.84 Å². The van der Waals surface area contributed by atoms with Gasteiger partial charge in [0.15, 0.2) is 0 Å². The molecule has 6 nitrogen and oxygen atoms in total. The molecule has 1 heterocycles. The first-order valence-corrected chi connectivity index (χ1v) is 9.72. The van der Waals surface area contributed by atoms with Gasteiger partial charge in [-0.3, -0.25) is 5.41 Å². The predicted octanol–water partition coefficient (Wildman–Crippen LogP) is 3.67. The number of nitrogens with zero attached hydrogens (tertiary/aromatic N) is 1. The molecule has 154 valence electrons. The largest absolute Gasteiger partial charge is 0.422 e. The Morgan fingerprint density at radius 2 is 1.87 bits per heavy atom. The summed E-state index contributed by atoms with van der Waals surface area (Å²) in [5.74, 6) is -0.450. The summed E-state index contributed by atoms with van der Waals surface area (Å²) in [6.45, 7) is 5.44. The second-order valence-corrected chi connectivity index (χ2v) is 7.75. The highest BCUT2D eigenvalue weighted by Gasteiger charge is 2.51. The van der Waals surface area contributed by atoms with Crippen molar-refractivity contribution >= 4 is 5.90 Å². The molecule has 0 aliphatic carbocycles. The SMILES string of the molecule is CC(N)=C1C(=N)OC(N)=C(C#N)C1(c1cc(CO)cc(-c2ccccc2)c1)C(C)C. The number of aliphatic hydroxyl groups is 1. The molecular weight excluding hydrogens is 376 g/mol. The number of benzene rings is 2. The molecule has 1 atom stereocenters. The lowest BCUT2D eigenvalue weighted by Gasteiger charge is -2.43. The average molecular weight is 402 g/mol. The van der Waals surface area contributed by atoms with Gasteiger partial charge in [-0.25, -0.2) is 0 Å². The lowest BCUT2D eigenvalue weighted by molar-refractivity contribution is 0.281. The van der Waals surface area contributed by atoms with Crippen molar-refractivity contribution in [1.82, 2.24) is 0 Å². The summed E-state index contributed by atoms with van der Waals surface area (Å²) in [5, 5.41) is 28.5. The summed E-state index contributed by atoms with van der Waals surface area (Å²) < 4.78 is 5.39. The molecule has 6 heteroatoms. The zero-order valence-electron chi connectivity index (χ0n) is 17.4. The summed E-state index contributed by atoms with van der Waals surface area (Å²) in [5.41, 5.74) is 15.5. The topological polar surface area (TPSA) is 129 Å². The predicted molar refractivity (Wildman–Crippen MR) is 117 cm³/mol. The van der Waals surface area contributed by atoms with Crippen molar-refractivity contribution in [2.24, 2.45) is 17.4 Å². The van der Waals surface area contributed by atoms with Crippen LogP contribution in [0.2, 0.25) is 0 Å². The third-order valence-corrected chi connectivity index (χ3v) is 5.58. The van der Waals surface area contributed by atoms with E-state index in [1.165, 1.54) is 0 Å². The summed E-state index contributed by atoms with van der Waals surface area (Å²) in [7, 11) is 0. The van der Waals surface area contributed by atoms with E-state index in [-0.39, 0.29) is 29.9 Å². The minimum atomic E-state index is -1.08. The third kappa shape index (κ3) is 3.23. The highest BCUT2D eigenvalue weighted by Crippen LogP contribution is 2.50. The molecule has 30 heavy (non-hydrogen) atoms. The van der Waals surface area contributed by atoms with Gasteiger partial charge < -0.3 is 21.3 Å². The normalized spacial score (nSPS) is 20.7. The molecule has 3 rings (SSSR count). The van der Waals surface area contributed by atoms with Crippen LogP contribution in [0.25, 0.3) is 11.1 Å². The van der Waals surface area contributed by atoms with E-state index in [1.807, 2.05) is 62.4 Å². The van der Waals surface area contributed by atoms with Crippen LogP contribution in [-0.4, -0.2) is 11.0 Å². The Kier molecular flexibility index (Phi) is 5.68. The molecule has 6 N–H and O–H groups in total. The maximum Gasteiger partial charge on any atom is 0.220 e. The van der Waals surface area contributed by atoms with E-state index in [0.29, 0.717) is 16.8 Å². The molecule has 0 spiro atoms. The molecule has 1 aliphatic heterocycles.